The highest BCUT2D eigenvalue weighted by Gasteiger charge is 2.30. The van der Waals surface area contributed by atoms with Crippen molar-refractivity contribution < 1.29 is 22.4 Å². The fourth-order valence-electron chi connectivity index (χ4n) is 2.13. The van der Waals surface area contributed by atoms with Crippen molar-refractivity contribution in [1.82, 2.24) is 4.98 Å². The lowest BCUT2D eigenvalue weighted by Gasteiger charge is -2.05. The normalized spacial score (nSPS) is 11.7. The fraction of sp³-hybridized carbons (Fsp3) is 0.125. The van der Waals surface area contributed by atoms with E-state index in [9.17, 15) is 18.0 Å². The van der Waals surface area contributed by atoms with Gasteiger partial charge in [0.15, 0.2) is 5.58 Å². The van der Waals surface area contributed by atoms with Gasteiger partial charge < -0.3 is 9.73 Å². The molecule has 0 aliphatic carbocycles. The zero-order valence-electron chi connectivity index (χ0n) is 11.9. The molecule has 23 heavy (non-hydrogen) atoms. The van der Waals surface area contributed by atoms with Gasteiger partial charge >= 0.3 is 6.18 Å². The van der Waals surface area contributed by atoms with Gasteiger partial charge in [-0.05, 0) is 42.5 Å². The molecule has 0 radical (unpaired) electrons. The monoisotopic (exact) mass is 320 g/mol. The second-order valence-electron chi connectivity index (χ2n) is 4.96. The first-order valence-corrected chi connectivity index (χ1v) is 6.69. The number of hydrogen-bond donors (Lipinski definition) is 1. The number of fused-ring (bicyclic) bond motifs is 1. The minimum atomic E-state index is -4.38. The van der Waals surface area contributed by atoms with Crippen LogP contribution >= 0.6 is 0 Å². The number of carbonyl (C=O) groups excluding carboxylic acids is 1. The summed E-state index contributed by atoms with van der Waals surface area (Å²) in [5.41, 5.74) is 1.26. The summed E-state index contributed by atoms with van der Waals surface area (Å²) in [6.07, 6.45) is -4.38. The van der Waals surface area contributed by atoms with Gasteiger partial charge in [-0.2, -0.15) is 13.2 Å². The summed E-state index contributed by atoms with van der Waals surface area (Å²) < 4.78 is 43.2. The van der Waals surface area contributed by atoms with E-state index >= 15 is 0 Å². The van der Waals surface area contributed by atoms with E-state index < -0.39 is 11.7 Å². The van der Waals surface area contributed by atoms with Crippen molar-refractivity contribution in [2.75, 3.05) is 5.32 Å². The standard InChI is InChI=1S/C16H11F3N2O2/c1-9(22)20-12-6-7-14-13(8-12)21-15(23-14)10-2-4-11(5-3-10)16(17,18)19/h2-8H,1H3,(H,20,22). The zero-order chi connectivity index (χ0) is 16.6. The molecule has 4 nitrogen and oxygen atoms in total. The van der Waals surface area contributed by atoms with Gasteiger partial charge in [-0.3, -0.25) is 4.79 Å². The van der Waals surface area contributed by atoms with E-state index in [2.05, 4.69) is 10.3 Å². The predicted molar refractivity (Wildman–Crippen MR) is 78.8 cm³/mol. The molecule has 1 heterocycles. The van der Waals surface area contributed by atoms with E-state index in [1.807, 2.05) is 0 Å². The molecule has 118 valence electrons. The van der Waals surface area contributed by atoms with E-state index in [1.54, 1.807) is 18.2 Å². The zero-order valence-corrected chi connectivity index (χ0v) is 11.9. The molecular formula is C16H11F3N2O2. The smallest absolute Gasteiger partial charge is 0.416 e. The van der Waals surface area contributed by atoms with Gasteiger partial charge in [0.2, 0.25) is 11.8 Å². The molecule has 0 atom stereocenters. The number of alkyl halides is 3. The summed E-state index contributed by atoms with van der Waals surface area (Å²) in [5, 5.41) is 2.62. The van der Waals surface area contributed by atoms with Crippen molar-refractivity contribution in [3.63, 3.8) is 0 Å². The van der Waals surface area contributed by atoms with E-state index in [1.165, 1.54) is 19.1 Å². The maximum Gasteiger partial charge on any atom is 0.416 e. The maximum atomic E-state index is 12.6. The van der Waals surface area contributed by atoms with Crippen LogP contribution in [-0.2, 0) is 11.0 Å². The Morgan fingerprint density at radius 1 is 1.13 bits per heavy atom. The Labute approximate surface area is 128 Å². The predicted octanol–water partition coefficient (Wildman–Crippen LogP) is 4.47. The van der Waals surface area contributed by atoms with Gasteiger partial charge in [0.25, 0.3) is 0 Å². The average molecular weight is 320 g/mol. The number of hydrogen-bond acceptors (Lipinski definition) is 3. The number of benzene rings is 2. The number of aromatic nitrogens is 1. The molecule has 1 N–H and O–H groups in total. The van der Waals surface area contributed by atoms with Gasteiger partial charge in [0.1, 0.15) is 5.52 Å². The van der Waals surface area contributed by atoms with Crippen LogP contribution in [0.2, 0.25) is 0 Å². The Morgan fingerprint density at radius 2 is 1.83 bits per heavy atom. The Kier molecular flexibility index (Phi) is 3.55. The summed E-state index contributed by atoms with van der Waals surface area (Å²) >= 11 is 0. The van der Waals surface area contributed by atoms with E-state index in [0.717, 1.165) is 12.1 Å². The quantitative estimate of drug-likeness (QED) is 0.758. The molecule has 3 aromatic rings. The van der Waals surface area contributed by atoms with Crippen LogP contribution in [0.25, 0.3) is 22.6 Å². The molecule has 0 unspecified atom stereocenters. The second kappa shape index (κ2) is 5.42. The molecule has 3 rings (SSSR count). The van der Waals surface area contributed by atoms with Crippen molar-refractivity contribution in [3.05, 3.63) is 48.0 Å². The molecular weight excluding hydrogens is 309 g/mol. The summed E-state index contributed by atoms with van der Waals surface area (Å²) in [5.74, 6) is 0.00417. The van der Waals surface area contributed by atoms with Gasteiger partial charge in [-0.25, -0.2) is 4.98 Å². The summed E-state index contributed by atoms with van der Waals surface area (Å²) in [4.78, 5) is 15.3. The Balaban J connectivity index is 1.95. The molecule has 0 saturated carbocycles. The SMILES string of the molecule is CC(=O)Nc1ccc2oc(-c3ccc(C(F)(F)F)cc3)nc2c1. The minimum Gasteiger partial charge on any atom is -0.436 e. The summed E-state index contributed by atoms with van der Waals surface area (Å²) in [6, 6.07) is 9.50. The van der Waals surface area contributed by atoms with Crippen LogP contribution in [0.15, 0.2) is 46.9 Å². The van der Waals surface area contributed by atoms with Crippen LogP contribution in [-0.4, -0.2) is 10.9 Å². The van der Waals surface area contributed by atoms with Gasteiger partial charge in [0, 0.05) is 18.2 Å². The third kappa shape index (κ3) is 3.18. The number of rotatable bonds is 2. The molecule has 0 aliphatic rings. The third-order valence-electron chi connectivity index (χ3n) is 3.17. The minimum absolute atomic E-state index is 0.212. The van der Waals surface area contributed by atoms with Crippen LogP contribution < -0.4 is 5.32 Å². The molecule has 7 heteroatoms. The van der Waals surface area contributed by atoms with Crippen LogP contribution in [0.5, 0.6) is 0 Å². The van der Waals surface area contributed by atoms with Crippen LogP contribution in [0.4, 0.5) is 18.9 Å². The van der Waals surface area contributed by atoms with Crippen LogP contribution in [0.1, 0.15) is 12.5 Å². The number of carbonyl (C=O) groups is 1. The van der Waals surface area contributed by atoms with E-state index in [0.29, 0.717) is 22.4 Å². The van der Waals surface area contributed by atoms with E-state index in [-0.39, 0.29) is 11.8 Å². The lowest BCUT2D eigenvalue weighted by molar-refractivity contribution is -0.137. The lowest BCUT2D eigenvalue weighted by Crippen LogP contribution is -2.05. The highest BCUT2D eigenvalue weighted by molar-refractivity contribution is 5.91. The number of halogens is 3. The maximum absolute atomic E-state index is 12.6. The largest absolute Gasteiger partial charge is 0.436 e. The van der Waals surface area contributed by atoms with Crippen LogP contribution in [0, 0.1) is 0 Å². The molecule has 0 saturated heterocycles. The average Bonchev–Trinajstić information content (AvgIpc) is 2.89. The van der Waals surface area contributed by atoms with Crippen molar-refractivity contribution in [2.45, 2.75) is 13.1 Å². The first kappa shape index (κ1) is 15.1. The number of anilines is 1. The molecule has 0 spiro atoms. The van der Waals surface area contributed by atoms with Gasteiger partial charge in [0.05, 0.1) is 5.56 Å². The molecule has 0 bridgehead atoms. The topological polar surface area (TPSA) is 55.1 Å². The Hall–Kier alpha value is -2.83. The number of nitrogens with one attached hydrogen (secondary N) is 1. The van der Waals surface area contributed by atoms with Crippen molar-refractivity contribution in [2.24, 2.45) is 0 Å². The van der Waals surface area contributed by atoms with E-state index in [4.69, 9.17) is 4.42 Å². The first-order chi connectivity index (χ1) is 10.8. The third-order valence-corrected chi connectivity index (χ3v) is 3.17. The second-order valence-corrected chi connectivity index (χ2v) is 4.96. The van der Waals surface area contributed by atoms with Crippen molar-refractivity contribution >= 4 is 22.7 Å². The Bertz CT molecular complexity index is 867. The number of amides is 1. The number of oxazole rings is 1. The molecule has 1 aromatic heterocycles. The molecule has 0 fully saturated rings. The van der Waals surface area contributed by atoms with Crippen LogP contribution in [0.3, 0.4) is 0 Å². The van der Waals surface area contributed by atoms with Crippen molar-refractivity contribution in [3.8, 4) is 11.5 Å². The lowest BCUT2D eigenvalue weighted by atomic mass is 10.1. The first-order valence-electron chi connectivity index (χ1n) is 6.69. The Morgan fingerprint density at radius 3 is 2.43 bits per heavy atom. The molecule has 0 aliphatic heterocycles. The summed E-state index contributed by atoms with van der Waals surface area (Å²) in [6.45, 7) is 1.39. The highest BCUT2D eigenvalue weighted by atomic mass is 19.4. The highest BCUT2D eigenvalue weighted by Crippen LogP contribution is 2.32. The number of nitrogens with zero attached hydrogens (tertiary/aromatic N) is 1. The van der Waals surface area contributed by atoms with Gasteiger partial charge in [-0.1, -0.05) is 0 Å². The fourth-order valence-corrected chi connectivity index (χ4v) is 2.13. The van der Waals surface area contributed by atoms with Crippen molar-refractivity contribution in [1.29, 1.82) is 0 Å². The molecule has 1 amide bonds. The summed E-state index contributed by atoms with van der Waals surface area (Å²) in [7, 11) is 0. The van der Waals surface area contributed by atoms with Gasteiger partial charge in [-0.15, -0.1) is 0 Å². The molecule has 2 aromatic carbocycles.